The summed E-state index contributed by atoms with van der Waals surface area (Å²) in [4.78, 5) is 36.3. The van der Waals surface area contributed by atoms with Crippen LogP contribution in [0.25, 0.3) is 22.1 Å². The summed E-state index contributed by atoms with van der Waals surface area (Å²) >= 11 is 6.42. The molecule has 1 aliphatic rings. The number of halogens is 1. The first-order chi connectivity index (χ1) is 16.0. The van der Waals surface area contributed by atoms with E-state index in [0.717, 1.165) is 5.56 Å². The quantitative estimate of drug-likeness (QED) is 0.342. The number of anilines is 1. The molecule has 0 radical (unpaired) electrons. The van der Waals surface area contributed by atoms with Crippen molar-refractivity contribution in [2.24, 2.45) is 0 Å². The van der Waals surface area contributed by atoms with Crippen molar-refractivity contribution in [3.8, 4) is 22.6 Å². The molecular weight excluding hydrogens is 446 g/mol. The molecule has 0 unspecified atom stereocenters. The van der Waals surface area contributed by atoms with Crippen LogP contribution < -0.4 is 20.4 Å². The van der Waals surface area contributed by atoms with Crippen LogP contribution in [0.5, 0.6) is 11.5 Å². The summed E-state index contributed by atoms with van der Waals surface area (Å²) in [5.41, 5.74) is 2.08. The lowest BCUT2D eigenvalue weighted by molar-refractivity contribution is -0.118. The third kappa shape index (κ3) is 4.18. The van der Waals surface area contributed by atoms with Crippen LogP contribution in [0.1, 0.15) is 10.4 Å². The fourth-order valence-electron chi connectivity index (χ4n) is 3.61. The number of ketones is 1. The average Bonchev–Trinajstić information content (AvgIpc) is 2.82. The van der Waals surface area contributed by atoms with E-state index in [2.05, 4.69) is 5.32 Å². The van der Waals surface area contributed by atoms with Gasteiger partial charge in [0.05, 0.1) is 10.7 Å². The van der Waals surface area contributed by atoms with Gasteiger partial charge in [0.2, 0.25) is 0 Å². The van der Waals surface area contributed by atoms with Crippen LogP contribution in [0.15, 0.2) is 75.9 Å². The number of amides is 1. The Bertz CT molecular complexity index is 1460. The Hall–Kier alpha value is -4.10. The molecule has 0 fully saturated rings. The van der Waals surface area contributed by atoms with E-state index in [1.807, 2.05) is 30.3 Å². The first-order valence-electron chi connectivity index (χ1n) is 10.0. The topological polar surface area (TPSA) is 94.8 Å². The molecule has 0 aliphatic carbocycles. The van der Waals surface area contributed by atoms with Gasteiger partial charge in [0.25, 0.3) is 5.91 Å². The fraction of sp³-hybridized carbons (Fsp3) is 0.0800. The first-order valence-corrected chi connectivity index (χ1v) is 10.4. The lowest BCUT2D eigenvalue weighted by Gasteiger charge is -2.18. The summed E-state index contributed by atoms with van der Waals surface area (Å²) in [6, 6.07) is 18.7. The molecule has 0 bridgehead atoms. The van der Waals surface area contributed by atoms with Crippen LogP contribution in [0.3, 0.4) is 0 Å². The highest BCUT2D eigenvalue weighted by Gasteiger charge is 2.19. The highest BCUT2D eigenvalue weighted by Crippen LogP contribution is 2.35. The Morgan fingerprint density at radius 2 is 1.85 bits per heavy atom. The summed E-state index contributed by atoms with van der Waals surface area (Å²) in [6.07, 6.45) is 0. The molecule has 1 amide bonds. The number of benzene rings is 3. The van der Waals surface area contributed by atoms with E-state index in [4.69, 9.17) is 25.5 Å². The molecule has 4 aromatic rings. The minimum atomic E-state index is -0.510. The summed E-state index contributed by atoms with van der Waals surface area (Å²) < 4.78 is 16.3. The molecule has 3 aromatic carbocycles. The smallest absolute Gasteiger partial charge is 0.336 e. The number of hydrogen-bond acceptors (Lipinski definition) is 6. The predicted octanol–water partition coefficient (Wildman–Crippen LogP) is 4.71. The zero-order valence-electron chi connectivity index (χ0n) is 17.1. The second-order valence-corrected chi connectivity index (χ2v) is 7.79. The predicted molar refractivity (Wildman–Crippen MR) is 123 cm³/mol. The van der Waals surface area contributed by atoms with Crippen LogP contribution in [0.2, 0.25) is 5.02 Å². The standard InChI is InChI=1S/C25H16ClNO6/c26-18-9-17-16(14-4-2-1-3-5-14)10-25(30)33-22(17)11-23(18)31-12-20(28)15-6-7-21-19(8-15)27-24(29)13-32-21/h1-11H,12-13H2,(H,27,29). The lowest BCUT2D eigenvalue weighted by atomic mass is 10.0. The number of carbonyl (C=O) groups excluding carboxylic acids is 2. The van der Waals surface area contributed by atoms with Crippen molar-refractivity contribution in [2.45, 2.75) is 0 Å². The first kappa shape index (κ1) is 20.8. The van der Waals surface area contributed by atoms with Crippen LogP contribution in [0.4, 0.5) is 5.69 Å². The van der Waals surface area contributed by atoms with Crippen molar-refractivity contribution in [1.29, 1.82) is 0 Å². The molecule has 8 heteroatoms. The number of rotatable bonds is 5. The Balaban J connectivity index is 1.41. The molecule has 0 atom stereocenters. The van der Waals surface area contributed by atoms with E-state index >= 15 is 0 Å². The molecule has 0 saturated heterocycles. The highest BCUT2D eigenvalue weighted by molar-refractivity contribution is 6.33. The van der Waals surface area contributed by atoms with Crippen LogP contribution in [-0.4, -0.2) is 24.9 Å². The number of hydrogen-bond donors (Lipinski definition) is 1. The molecule has 2 heterocycles. The van der Waals surface area contributed by atoms with Crippen molar-refractivity contribution >= 4 is 39.9 Å². The van der Waals surface area contributed by atoms with Gasteiger partial charge < -0.3 is 19.2 Å². The van der Waals surface area contributed by atoms with Crippen LogP contribution in [0, 0.1) is 0 Å². The minimum Gasteiger partial charge on any atom is -0.484 e. The van der Waals surface area contributed by atoms with Gasteiger partial charge in [0, 0.05) is 23.1 Å². The molecule has 1 aliphatic heterocycles. The van der Waals surface area contributed by atoms with Gasteiger partial charge >= 0.3 is 5.63 Å². The molecule has 1 aromatic heterocycles. The second-order valence-electron chi connectivity index (χ2n) is 7.38. The van der Waals surface area contributed by atoms with Crippen molar-refractivity contribution in [3.63, 3.8) is 0 Å². The van der Waals surface area contributed by atoms with Gasteiger partial charge in [0.1, 0.15) is 17.1 Å². The maximum atomic E-state index is 12.7. The lowest BCUT2D eigenvalue weighted by Crippen LogP contribution is -2.25. The molecule has 7 nitrogen and oxygen atoms in total. The van der Waals surface area contributed by atoms with Gasteiger partial charge in [0.15, 0.2) is 19.0 Å². The van der Waals surface area contributed by atoms with Crippen molar-refractivity contribution < 1.29 is 23.5 Å². The average molecular weight is 462 g/mol. The van der Waals surface area contributed by atoms with Gasteiger partial charge in [-0.05, 0) is 35.4 Å². The van der Waals surface area contributed by atoms with Gasteiger partial charge in [-0.25, -0.2) is 4.79 Å². The van der Waals surface area contributed by atoms with E-state index < -0.39 is 5.63 Å². The Kier molecular flexibility index (Phi) is 5.32. The van der Waals surface area contributed by atoms with E-state index in [1.165, 1.54) is 18.2 Å². The maximum absolute atomic E-state index is 12.7. The van der Waals surface area contributed by atoms with Crippen molar-refractivity contribution in [2.75, 3.05) is 18.5 Å². The molecule has 1 N–H and O–H groups in total. The van der Waals surface area contributed by atoms with Gasteiger partial charge in [-0.1, -0.05) is 41.9 Å². The molecule has 164 valence electrons. The van der Waals surface area contributed by atoms with Gasteiger partial charge in [-0.2, -0.15) is 0 Å². The summed E-state index contributed by atoms with van der Waals surface area (Å²) in [5, 5.41) is 3.58. The van der Waals surface area contributed by atoms with Crippen LogP contribution >= 0.6 is 11.6 Å². The van der Waals surface area contributed by atoms with E-state index in [-0.39, 0.29) is 35.7 Å². The van der Waals surface area contributed by atoms with E-state index in [0.29, 0.717) is 33.5 Å². The van der Waals surface area contributed by atoms with Gasteiger partial charge in [-0.15, -0.1) is 0 Å². The second kappa shape index (κ2) is 8.44. The summed E-state index contributed by atoms with van der Waals surface area (Å²) in [5.74, 6) is 0.0882. The highest BCUT2D eigenvalue weighted by atomic mass is 35.5. The molecular formula is C25H16ClNO6. The summed E-state index contributed by atoms with van der Waals surface area (Å²) in [6.45, 7) is -0.368. The van der Waals surface area contributed by atoms with Crippen LogP contribution in [-0.2, 0) is 4.79 Å². The summed E-state index contributed by atoms with van der Waals surface area (Å²) in [7, 11) is 0. The molecule has 0 saturated carbocycles. The largest absolute Gasteiger partial charge is 0.484 e. The Morgan fingerprint density at radius 1 is 1.03 bits per heavy atom. The number of fused-ring (bicyclic) bond motifs is 2. The zero-order valence-corrected chi connectivity index (χ0v) is 17.8. The number of ether oxygens (including phenoxy) is 2. The van der Waals surface area contributed by atoms with Gasteiger partial charge in [-0.3, -0.25) is 9.59 Å². The normalized spacial score (nSPS) is 12.6. The Labute approximate surface area is 192 Å². The maximum Gasteiger partial charge on any atom is 0.336 e. The molecule has 0 spiro atoms. The number of nitrogens with one attached hydrogen (secondary N) is 1. The minimum absolute atomic E-state index is 0.0635. The molecule has 33 heavy (non-hydrogen) atoms. The number of carbonyl (C=O) groups is 2. The number of Topliss-reactive ketones (excluding diaryl/α,β-unsaturated/α-hetero) is 1. The van der Waals surface area contributed by atoms with E-state index in [9.17, 15) is 14.4 Å². The zero-order chi connectivity index (χ0) is 22.9. The van der Waals surface area contributed by atoms with Crippen molar-refractivity contribution in [3.05, 3.63) is 87.7 Å². The SMILES string of the molecule is O=C1COc2ccc(C(=O)COc3cc4oc(=O)cc(-c5ccccc5)c4cc3Cl)cc2N1. The third-order valence-electron chi connectivity index (χ3n) is 5.17. The molecule has 5 rings (SSSR count). The van der Waals surface area contributed by atoms with E-state index in [1.54, 1.807) is 18.2 Å². The fourth-order valence-corrected chi connectivity index (χ4v) is 3.83. The Morgan fingerprint density at radius 3 is 2.67 bits per heavy atom. The monoisotopic (exact) mass is 461 g/mol. The third-order valence-corrected chi connectivity index (χ3v) is 5.47. The van der Waals surface area contributed by atoms with Crippen molar-refractivity contribution in [1.82, 2.24) is 0 Å².